The van der Waals surface area contributed by atoms with Crippen LogP contribution in [0.25, 0.3) is 10.4 Å². The van der Waals surface area contributed by atoms with Crippen LogP contribution < -0.4 is 5.32 Å². The Morgan fingerprint density at radius 1 is 1.25 bits per heavy atom. The SMILES string of the molecule is CCCCCNC(=O)c1nc(C)sc1-c1ccccc1. The van der Waals surface area contributed by atoms with Crippen LogP contribution >= 0.6 is 11.3 Å². The van der Waals surface area contributed by atoms with Crippen LogP contribution in [0.5, 0.6) is 0 Å². The zero-order chi connectivity index (χ0) is 14.4. The number of nitrogens with one attached hydrogen (secondary N) is 1. The first kappa shape index (κ1) is 14.7. The molecule has 4 heteroatoms. The number of amides is 1. The molecule has 0 aliphatic rings. The lowest BCUT2D eigenvalue weighted by Gasteiger charge is -2.04. The first-order valence-corrected chi connectivity index (χ1v) is 7.85. The van der Waals surface area contributed by atoms with Gasteiger partial charge in [0.15, 0.2) is 0 Å². The number of unbranched alkanes of at least 4 members (excludes halogenated alkanes) is 2. The van der Waals surface area contributed by atoms with Crippen molar-refractivity contribution in [3.8, 4) is 10.4 Å². The van der Waals surface area contributed by atoms with Gasteiger partial charge in [-0.1, -0.05) is 50.1 Å². The number of rotatable bonds is 6. The first-order valence-electron chi connectivity index (χ1n) is 7.03. The number of thiazole rings is 1. The fraction of sp³-hybridized carbons (Fsp3) is 0.375. The van der Waals surface area contributed by atoms with E-state index in [1.807, 2.05) is 37.3 Å². The highest BCUT2D eigenvalue weighted by molar-refractivity contribution is 7.15. The van der Waals surface area contributed by atoms with Crippen molar-refractivity contribution in [1.29, 1.82) is 0 Å². The van der Waals surface area contributed by atoms with Gasteiger partial charge in [-0.15, -0.1) is 11.3 Å². The Balaban J connectivity index is 2.14. The number of aromatic nitrogens is 1. The Kier molecular flexibility index (Phi) is 5.30. The third kappa shape index (κ3) is 3.67. The summed E-state index contributed by atoms with van der Waals surface area (Å²) in [7, 11) is 0. The topological polar surface area (TPSA) is 42.0 Å². The van der Waals surface area contributed by atoms with E-state index >= 15 is 0 Å². The van der Waals surface area contributed by atoms with Gasteiger partial charge in [-0.2, -0.15) is 0 Å². The molecule has 2 rings (SSSR count). The second-order valence-electron chi connectivity index (χ2n) is 4.74. The van der Waals surface area contributed by atoms with Crippen molar-refractivity contribution in [3.05, 3.63) is 41.0 Å². The Hall–Kier alpha value is -1.68. The standard InChI is InChI=1S/C16H20N2OS/c1-3-4-8-11-17-16(19)14-15(20-12(2)18-14)13-9-6-5-7-10-13/h5-7,9-10H,3-4,8,11H2,1-2H3,(H,17,19). The molecule has 106 valence electrons. The van der Waals surface area contributed by atoms with Crippen molar-refractivity contribution >= 4 is 17.2 Å². The van der Waals surface area contributed by atoms with Crippen molar-refractivity contribution in [1.82, 2.24) is 10.3 Å². The van der Waals surface area contributed by atoms with Gasteiger partial charge in [0.1, 0.15) is 5.69 Å². The monoisotopic (exact) mass is 288 g/mol. The lowest BCUT2D eigenvalue weighted by molar-refractivity contribution is 0.0949. The van der Waals surface area contributed by atoms with Crippen molar-refractivity contribution in [2.75, 3.05) is 6.54 Å². The van der Waals surface area contributed by atoms with E-state index in [0.717, 1.165) is 41.3 Å². The third-order valence-corrected chi connectivity index (χ3v) is 4.07. The van der Waals surface area contributed by atoms with Crippen molar-refractivity contribution in [2.24, 2.45) is 0 Å². The fourth-order valence-electron chi connectivity index (χ4n) is 2.03. The van der Waals surface area contributed by atoms with Crippen LogP contribution in [0.3, 0.4) is 0 Å². The minimum absolute atomic E-state index is 0.0655. The van der Waals surface area contributed by atoms with Crippen molar-refractivity contribution in [3.63, 3.8) is 0 Å². The van der Waals surface area contributed by atoms with Gasteiger partial charge in [-0.3, -0.25) is 4.79 Å². The number of aryl methyl sites for hydroxylation is 1. The Morgan fingerprint density at radius 2 is 2.00 bits per heavy atom. The van der Waals surface area contributed by atoms with Crippen LogP contribution in [0.2, 0.25) is 0 Å². The smallest absolute Gasteiger partial charge is 0.271 e. The Labute approximate surface area is 124 Å². The van der Waals surface area contributed by atoms with E-state index in [1.54, 1.807) is 11.3 Å². The van der Waals surface area contributed by atoms with E-state index < -0.39 is 0 Å². The normalized spacial score (nSPS) is 10.5. The summed E-state index contributed by atoms with van der Waals surface area (Å²) in [4.78, 5) is 17.6. The maximum Gasteiger partial charge on any atom is 0.271 e. The molecule has 0 spiro atoms. The number of nitrogens with zero attached hydrogens (tertiary/aromatic N) is 1. The average Bonchev–Trinajstić information content (AvgIpc) is 2.86. The predicted molar refractivity (Wildman–Crippen MR) is 84.1 cm³/mol. The maximum atomic E-state index is 12.2. The van der Waals surface area contributed by atoms with Crippen molar-refractivity contribution in [2.45, 2.75) is 33.1 Å². The molecular weight excluding hydrogens is 268 g/mol. The van der Waals surface area contributed by atoms with Crippen LogP contribution in [-0.4, -0.2) is 17.4 Å². The third-order valence-electron chi connectivity index (χ3n) is 3.05. The highest BCUT2D eigenvalue weighted by Gasteiger charge is 2.17. The fourth-order valence-corrected chi connectivity index (χ4v) is 2.95. The van der Waals surface area contributed by atoms with Gasteiger partial charge in [0, 0.05) is 6.54 Å². The molecule has 20 heavy (non-hydrogen) atoms. The molecule has 1 heterocycles. The van der Waals surface area contributed by atoms with E-state index in [0.29, 0.717) is 5.69 Å². The van der Waals surface area contributed by atoms with Crippen molar-refractivity contribution < 1.29 is 4.79 Å². The molecule has 0 atom stereocenters. The number of hydrogen-bond donors (Lipinski definition) is 1. The van der Waals surface area contributed by atoms with Gasteiger partial charge < -0.3 is 5.32 Å². The van der Waals surface area contributed by atoms with E-state index in [9.17, 15) is 4.79 Å². The van der Waals surface area contributed by atoms with Gasteiger partial charge in [-0.05, 0) is 18.9 Å². The Morgan fingerprint density at radius 3 is 2.70 bits per heavy atom. The molecule has 0 fully saturated rings. The number of carbonyl (C=O) groups is 1. The molecule has 3 nitrogen and oxygen atoms in total. The number of benzene rings is 1. The van der Waals surface area contributed by atoms with Crippen LogP contribution in [0.1, 0.15) is 41.7 Å². The molecule has 0 aliphatic heterocycles. The minimum atomic E-state index is -0.0655. The lowest BCUT2D eigenvalue weighted by Crippen LogP contribution is -2.25. The van der Waals surface area contributed by atoms with Crippen LogP contribution in [-0.2, 0) is 0 Å². The second-order valence-corrected chi connectivity index (χ2v) is 5.94. The molecule has 0 saturated carbocycles. The number of hydrogen-bond acceptors (Lipinski definition) is 3. The average molecular weight is 288 g/mol. The summed E-state index contributed by atoms with van der Waals surface area (Å²) >= 11 is 1.57. The molecule has 1 aromatic carbocycles. The summed E-state index contributed by atoms with van der Waals surface area (Å²) in [6.45, 7) is 4.81. The largest absolute Gasteiger partial charge is 0.351 e. The van der Waals surface area contributed by atoms with Crippen LogP contribution in [0.15, 0.2) is 30.3 Å². The van der Waals surface area contributed by atoms with E-state index in [-0.39, 0.29) is 5.91 Å². The molecule has 1 N–H and O–H groups in total. The van der Waals surface area contributed by atoms with E-state index in [4.69, 9.17) is 0 Å². The quantitative estimate of drug-likeness (QED) is 0.815. The molecule has 2 aromatic rings. The maximum absolute atomic E-state index is 12.2. The Bertz CT molecular complexity index is 563. The van der Waals surface area contributed by atoms with Gasteiger partial charge in [0.25, 0.3) is 5.91 Å². The van der Waals surface area contributed by atoms with Crippen LogP contribution in [0.4, 0.5) is 0 Å². The summed E-state index contributed by atoms with van der Waals surface area (Å²) in [5, 5.41) is 3.88. The molecule has 0 saturated heterocycles. The molecule has 0 radical (unpaired) electrons. The summed E-state index contributed by atoms with van der Waals surface area (Å²) in [6.07, 6.45) is 3.31. The lowest BCUT2D eigenvalue weighted by atomic mass is 10.1. The van der Waals surface area contributed by atoms with Gasteiger partial charge in [0.05, 0.1) is 9.88 Å². The van der Waals surface area contributed by atoms with Crippen LogP contribution in [0, 0.1) is 6.92 Å². The number of carbonyl (C=O) groups excluding carboxylic acids is 1. The molecule has 0 bridgehead atoms. The van der Waals surface area contributed by atoms with E-state index in [1.165, 1.54) is 0 Å². The molecule has 0 unspecified atom stereocenters. The zero-order valence-corrected chi connectivity index (χ0v) is 12.8. The molecular formula is C16H20N2OS. The van der Waals surface area contributed by atoms with Gasteiger partial charge in [-0.25, -0.2) is 4.98 Å². The first-order chi connectivity index (χ1) is 9.72. The zero-order valence-electron chi connectivity index (χ0n) is 12.0. The van der Waals surface area contributed by atoms with Gasteiger partial charge in [0.2, 0.25) is 0 Å². The summed E-state index contributed by atoms with van der Waals surface area (Å²) in [5.74, 6) is -0.0655. The summed E-state index contributed by atoms with van der Waals surface area (Å²) < 4.78 is 0. The highest BCUT2D eigenvalue weighted by atomic mass is 32.1. The van der Waals surface area contributed by atoms with Gasteiger partial charge >= 0.3 is 0 Å². The molecule has 1 aromatic heterocycles. The minimum Gasteiger partial charge on any atom is -0.351 e. The summed E-state index contributed by atoms with van der Waals surface area (Å²) in [6, 6.07) is 9.96. The predicted octanol–water partition coefficient (Wildman–Crippen LogP) is 4.04. The summed E-state index contributed by atoms with van der Waals surface area (Å²) in [5.41, 5.74) is 1.60. The second kappa shape index (κ2) is 7.20. The molecule has 1 amide bonds. The highest BCUT2D eigenvalue weighted by Crippen LogP contribution is 2.29. The van der Waals surface area contributed by atoms with E-state index in [2.05, 4.69) is 17.2 Å². The molecule has 0 aliphatic carbocycles.